The first-order valence-electron chi connectivity index (χ1n) is 10.5. The number of carbonyl (C=O) groups is 1. The van der Waals surface area contributed by atoms with E-state index < -0.39 is 0 Å². The predicted molar refractivity (Wildman–Crippen MR) is 107 cm³/mol. The van der Waals surface area contributed by atoms with Crippen molar-refractivity contribution in [3.63, 3.8) is 0 Å². The lowest BCUT2D eigenvalue weighted by molar-refractivity contribution is -0.121. The molecule has 3 heterocycles. The fraction of sp³-hybridized carbons (Fsp3) is 0.714. The molecule has 0 unspecified atom stereocenters. The Hall–Kier alpha value is -1.50. The van der Waals surface area contributed by atoms with Gasteiger partial charge in [0, 0.05) is 38.8 Å². The fourth-order valence-corrected chi connectivity index (χ4v) is 3.98. The second-order valence-electron chi connectivity index (χ2n) is 7.58. The first-order valence-corrected chi connectivity index (χ1v) is 10.5. The summed E-state index contributed by atoms with van der Waals surface area (Å²) in [6.45, 7) is 7.00. The summed E-state index contributed by atoms with van der Waals surface area (Å²) in [6, 6.07) is 6.11. The van der Waals surface area contributed by atoms with Gasteiger partial charge in [-0.3, -0.25) is 14.7 Å². The average Bonchev–Trinajstić information content (AvgIpc) is 2.69. The molecule has 0 bridgehead atoms. The number of amides is 1. The molecular formula is C21H34N4O2. The highest BCUT2D eigenvalue weighted by Crippen LogP contribution is 2.19. The third kappa shape index (κ3) is 6.87. The minimum Gasteiger partial charge on any atom is -0.379 e. The molecular weight excluding hydrogens is 340 g/mol. The van der Waals surface area contributed by atoms with E-state index in [1.807, 2.05) is 24.4 Å². The Kier molecular flexibility index (Phi) is 8.52. The molecule has 1 N–H and O–H groups in total. The molecule has 3 rings (SSSR count). The van der Waals surface area contributed by atoms with Crippen LogP contribution < -0.4 is 5.32 Å². The van der Waals surface area contributed by atoms with Gasteiger partial charge in [-0.05, 0) is 38.1 Å². The van der Waals surface area contributed by atoms with E-state index in [1.54, 1.807) is 0 Å². The van der Waals surface area contributed by atoms with Crippen molar-refractivity contribution in [2.24, 2.45) is 0 Å². The third-order valence-corrected chi connectivity index (χ3v) is 5.61. The lowest BCUT2D eigenvalue weighted by atomic mass is 10.1. The highest BCUT2D eigenvalue weighted by Gasteiger charge is 2.24. The van der Waals surface area contributed by atoms with Crippen molar-refractivity contribution in [2.75, 3.05) is 52.5 Å². The van der Waals surface area contributed by atoms with Crippen molar-refractivity contribution in [1.29, 1.82) is 0 Å². The van der Waals surface area contributed by atoms with E-state index in [-0.39, 0.29) is 11.9 Å². The van der Waals surface area contributed by atoms with Crippen LogP contribution in [0.25, 0.3) is 0 Å². The average molecular weight is 375 g/mol. The summed E-state index contributed by atoms with van der Waals surface area (Å²) in [5.74, 6) is 0.145. The highest BCUT2D eigenvalue weighted by atomic mass is 16.5. The van der Waals surface area contributed by atoms with Crippen molar-refractivity contribution in [3.8, 4) is 0 Å². The molecule has 0 aliphatic carbocycles. The molecule has 6 heteroatoms. The summed E-state index contributed by atoms with van der Waals surface area (Å²) >= 11 is 0. The van der Waals surface area contributed by atoms with E-state index in [0.29, 0.717) is 13.0 Å². The van der Waals surface area contributed by atoms with Crippen LogP contribution in [0.4, 0.5) is 0 Å². The van der Waals surface area contributed by atoms with E-state index in [4.69, 9.17) is 4.74 Å². The van der Waals surface area contributed by atoms with Gasteiger partial charge in [-0.1, -0.05) is 25.3 Å². The molecule has 1 atom stereocenters. The van der Waals surface area contributed by atoms with Crippen molar-refractivity contribution in [1.82, 2.24) is 20.1 Å². The number of ether oxygens (including phenoxy) is 1. The summed E-state index contributed by atoms with van der Waals surface area (Å²) in [7, 11) is 0. The zero-order valence-corrected chi connectivity index (χ0v) is 16.4. The zero-order chi connectivity index (χ0) is 18.7. The van der Waals surface area contributed by atoms with E-state index in [1.165, 1.54) is 32.1 Å². The summed E-state index contributed by atoms with van der Waals surface area (Å²) in [6.07, 6.45) is 8.96. The van der Waals surface area contributed by atoms with Crippen LogP contribution in [-0.2, 0) is 9.53 Å². The number of morpholine rings is 1. The number of hydrogen-bond donors (Lipinski definition) is 1. The van der Waals surface area contributed by atoms with Crippen LogP contribution >= 0.6 is 0 Å². The molecule has 2 aliphatic rings. The van der Waals surface area contributed by atoms with Crippen LogP contribution in [-0.4, -0.2) is 73.2 Å². The highest BCUT2D eigenvalue weighted by molar-refractivity contribution is 5.76. The molecule has 0 saturated carbocycles. The first kappa shape index (κ1) is 20.2. The van der Waals surface area contributed by atoms with Gasteiger partial charge >= 0.3 is 0 Å². The van der Waals surface area contributed by atoms with Crippen molar-refractivity contribution in [2.45, 2.75) is 44.6 Å². The number of likely N-dealkylation sites (tertiary alicyclic amines) is 1. The molecule has 1 amide bonds. The van der Waals surface area contributed by atoms with Gasteiger partial charge in [0.05, 0.1) is 24.9 Å². The van der Waals surface area contributed by atoms with E-state index in [2.05, 4.69) is 20.1 Å². The van der Waals surface area contributed by atoms with Gasteiger partial charge in [0.25, 0.3) is 0 Å². The molecule has 0 radical (unpaired) electrons. The molecule has 2 saturated heterocycles. The van der Waals surface area contributed by atoms with Crippen LogP contribution in [0, 0.1) is 0 Å². The minimum atomic E-state index is 0.112. The first-order chi connectivity index (χ1) is 13.3. The summed E-state index contributed by atoms with van der Waals surface area (Å²) in [5.41, 5.74) is 1.02. The van der Waals surface area contributed by atoms with Gasteiger partial charge in [-0.25, -0.2) is 0 Å². The van der Waals surface area contributed by atoms with E-state index in [0.717, 1.165) is 51.6 Å². The van der Waals surface area contributed by atoms with E-state index in [9.17, 15) is 4.79 Å². The van der Waals surface area contributed by atoms with Crippen molar-refractivity contribution < 1.29 is 9.53 Å². The summed E-state index contributed by atoms with van der Waals surface area (Å²) < 4.78 is 5.48. The lowest BCUT2D eigenvalue weighted by Gasteiger charge is -2.34. The Bertz CT molecular complexity index is 540. The molecule has 150 valence electrons. The Morgan fingerprint density at radius 1 is 1.07 bits per heavy atom. The fourth-order valence-electron chi connectivity index (χ4n) is 3.98. The molecule has 0 spiro atoms. The van der Waals surface area contributed by atoms with Gasteiger partial charge in [-0.2, -0.15) is 0 Å². The standard InChI is InChI=1S/C21H34N4O2/c26-21(9-13-24-11-6-2-1-3-7-12-24)23-18-20(19-8-4-5-10-22-19)25-14-16-27-17-15-25/h4-5,8,10,20H,1-3,6-7,9,11-18H2,(H,23,26)/t20-/m1/s1. The van der Waals surface area contributed by atoms with Crippen molar-refractivity contribution >= 4 is 5.91 Å². The second kappa shape index (κ2) is 11.4. The Morgan fingerprint density at radius 3 is 2.52 bits per heavy atom. The maximum Gasteiger partial charge on any atom is 0.221 e. The lowest BCUT2D eigenvalue weighted by Crippen LogP contribution is -2.44. The predicted octanol–water partition coefficient (Wildman–Crippen LogP) is 2.23. The molecule has 6 nitrogen and oxygen atoms in total. The topological polar surface area (TPSA) is 57.7 Å². The second-order valence-corrected chi connectivity index (χ2v) is 7.58. The van der Waals surface area contributed by atoms with Crippen LogP contribution in [0.3, 0.4) is 0 Å². The smallest absolute Gasteiger partial charge is 0.221 e. The van der Waals surface area contributed by atoms with E-state index >= 15 is 0 Å². The van der Waals surface area contributed by atoms with Gasteiger partial charge in [0.2, 0.25) is 5.91 Å². The normalized spacial score (nSPS) is 21.2. The summed E-state index contributed by atoms with van der Waals surface area (Å²) in [4.78, 5) is 21.8. The monoisotopic (exact) mass is 374 g/mol. The van der Waals surface area contributed by atoms with Crippen LogP contribution in [0.15, 0.2) is 24.4 Å². The number of carbonyl (C=O) groups excluding carboxylic acids is 1. The molecule has 2 fully saturated rings. The molecule has 2 aliphatic heterocycles. The Morgan fingerprint density at radius 2 is 1.81 bits per heavy atom. The Labute approximate surface area is 163 Å². The third-order valence-electron chi connectivity index (χ3n) is 5.61. The number of pyridine rings is 1. The zero-order valence-electron chi connectivity index (χ0n) is 16.4. The van der Waals surface area contributed by atoms with Gasteiger partial charge in [-0.15, -0.1) is 0 Å². The van der Waals surface area contributed by atoms with Crippen molar-refractivity contribution in [3.05, 3.63) is 30.1 Å². The van der Waals surface area contributed by atoms with Crippen LogP contribution in [0.5, 0.6) is 0 Å². The van der Waals surface area contributed by atoms with Crippen LogP contribution in [0.1, 0.15) is 50.3 Å². The molecule has 1 aromatic heterocycles. The van der Waals surface area contributed by atoms with Gasteiger partial charge in [0.1, 0.15) is 0 Å². The summed E-state index contributed by atoms with van der Waals surface area (Å²) in [5, 5.41) is 3.16. The maximum atomic E-state index is 12.5. The van der Waals surface area contributed by atoms with Crippen LogP contribution in [0.2, 0.25) is 0 Å². The quantitative estimate of drug-likeness (QED) is 0.793. The Balaban J connectivity index is 1.48. The minimum absolute atomic E-state index is 0.112. The molecule has 1 aromatic rings. The van der Waals surface area contributed by atoms with Gasteiger partial charge < -0.3 is 15.0 Å². The number of rotatable bonds is 7. The number of aromatic nitrogens is 1. The number of nitrogens with one attached hydrogen (secondary N) is 1. The maximum absolute atomic E-state index is 12.5. The molecule has 0 aromatic carbocycles. The van der Waals surface area contributed by atoms with Gasteiger partial charge in [0.15, 0.2) is 0 Å². The largest absolute Gasteiger partial charge is 0.379 e. The number of hydrogen-bond acceptors (Lipinski definition) is 5. The molecule has 27 heavy (non-hydrogen) atoms. The number of nitrogens with zero attached hydrogens (tertiary/aromatic N) is 3. The SMILES string of the molecule is O=C(CCN1CCCCCCC1)NC[C@H](c1ccccn1)N1CCOCC1.